The molecule has 16 heavy (non-hydrogen) atoms. The number of carbonyl (C=O) groups is 1. The zero-order chi connectivity index (χ0) is 11.5. The molecule has 0 bridgehead atoms. The molecule has 2 aromatic heterocycles. The highest BCUT2D eigenvalue weighted by atomic mass is 32.2. The van der Waals surface area contributed by atoms with E-state index >= 15 is 0 Å². The van der Waals surface area contributed by atoms with Crippen LogP contribution in [-0.2, 0) is 0 Å². The zero-order valence-electron chi connectivity index (χ0n) is 8.80. The Morgan fingerprint density at radius 2 is 2.25 bits per heavy atom. The predicted octanol–water partition coefficient (Wildman–Crippen LogP) is 2.60. The van der Waals surface area contributed by atoms with Crippen LogP contribution in [0.4, 0.5) is 0 Å². The maximum atomic E-state index is 11.1. The van der Waals surface area contributed by atoms with E-state index in [9.17, 15) is 4.79 Å². The van der Waals surface area contributed by atoms with E-state index < -0.39 is 0 Å². The third-order valence-corrected chi connectivity index (χ3v) is 3.64. The van der Waals surface area contributed by atoms with Crippen LogP contribution in [0.3, 0.4) is 0 Å². The van der Waals surface area contributed by atoms with Gasteiger partial charge in [0.1, 0.15) is 10.9 Å². The lowest BCUT2D eigenvalue weighted by Gasteiger charge is -1.97. The van der Waals surface area contributed by atoms with Gasteiger partial charge < -0.3 is 0 Å². The van der Waals surface area contributed by atoms with Gasteiger partial charge in [-0.1, -0.05) is 0 Å². The first kappa shape index (κ1) is 11.2. The molecule has 0 aliphatic carbocycles. The van der Waals surface area contributed by atoms with Crippen molar-refractivity contribution >= 4 is 29.1 Å². The Kier molecular flexibility index (Phi) is 3.31. The Balaban J connectivity index is 2.14. The van der Waals surface area contributed by atoms with Gasteiger partial charge in [0.2, 0.25) is 0 Å². The first-order valence-corrected chi connectivity index (χ1v) is 6.19. The van der Waals surface area contributed by atoms with Crippen LogP contribution in [0.5, 0.6) is 0 Å². The molecule has 0 spiro atoms. The number of ketones is 1. The summed E-state index contributed by atoms with van der Waals surface area (Å²) in [5.74, 6) is 0.795. The van der Waals surface area contributed by atoms with E-state index in [1.807, 2.05) is 13.0 Å². The Bertz CT molecular complexity index is 507. The number of aromatic nitrogens is 3. The topological polar surface area (TPSA) is 55.7 Å². The number of carbonyl (C=O) groups excluding carboxylic acids is 1. The highest BCUT2D eigenvalue weighted by Gasteiger charge is 2.05. The number of Topliss-reactive ketones (excluding diaryl/α,β-unsaturated/α-hetero) is 1. The molecule has 2 heterocycles. The number of pyridine rings is 1. The van der Waals surface area contributed by atoms with Gasteiger partial charge in [0.05, 0.1) is 0 Å². The molecular formula is C10H9N3OS2. The molecule has 0 fully saturated rings. The molecule has 2 rings (SSSR count). The van der Waals surface area contributed by atoms with Crippen molar-refractivity contribution in [1.29, 1.82) is 0 Å². The third kappa shape index (κ3) is 2.65. The molecule has 0 N–H and O–H groups in total. The van der Waals surface area contributed by atoms with E-state index in [1.54, 1.807) is 12.3 Å². The van der Waals surface area contributed by atoms with Crippen LogP contribution in [0.25, 0.3) is 0 Å². The Labute approximate surface area is 101 Å². The van der Waals surface area contributed by atoms with Crippen LogP contribution < -0.4 is 0 Å². The van der Waals surface area contributed by atoms with Gasteiger partial charge in [0.15, 0.2) is 10.1 Å². The Hall–Kier alpha value is -1.27. The fourth-order valence-electron chi connectivity index (χ4n) is 1.06. The second-order valence-electron chi connectivity index (χ2n) is 3.15. The van der Waals surface area contributed by atoms with Crippen LogP contribution >= 0.6 is 23.3 Å². The lowest BCUT2D eigenvalue weighted by Crippen LogP contribution is -1.92. The van der Waals surface area contributed by atoms with E-state index in [0.29, 0.717) is 5.56 Å². The summed E-state index contributed by atoms with van der Waals surface area (Å²) in [5.41, 5.74) is 0.623. The van der Waals surface area contributed by atoms with Crippen molar-refractivity contribution in [3.8, 4) is 0 Å². The number of hydrogen-bond donors (Lipinski definition) is 0. The van der Waals surface area contributed by atoms with E-state index in [4.69, 9.17) is 0 Å². The van der Waals surface area contributed by atoms with Gasteiger partial charge in [-0.2, -0.15) is 4.37 Å². The monoisotopic (exact) mass is 251 g/mol. The third-order valence-electron chi connectivity index (χ3n) is 1.84. The molecule has 0 aliphatic heterocycles. The summed E-state index contributed by atoms with van der Waals surface area (Å²) in [7, 11) is 0. The van der Waals surface area contributed by atoms with Crippen LogP contribution in [0.15, 0.2) is 27.7 Å². The molecule has 0 radical (unpaired) electrons. The van der Waals surface area contributed by atoms with Gasteiger partial charge in [-0.25, -0.2) is 9.97 Å². The first-order chi connectivity index (χ1) is 7.65. The van der Waals surface area contributed by atoms with Crippen molar-refractivity contribution in [1.82, 2.24) is 14.3 Å². The fourth-order valence-corrected chi connectivity index (χ4v) is 2.60. The van der Waals surface area contributed by atoms with Gasteiger partial charge in [0.25, 0.3) is 0 Å². The van der Waals surface area contributed by atoms with Gasteiger partial charge in [-0.15, -0.1) is 0 Å². The van der Waals surface area contributed by atoms with Crippen LogP contribution in [0.1, 0.15) is 23.1 Å². The van der Waals surface area contributed by atoms with Gasteiger partial charge in [0, 0.05) is 11.8 Å². The number of nitrogens with zero attached hydrogens (tertiary/aromatic N) is 3. The number of hydrogen-bond acceptors (Lipinski definition) is 6. The molecule has 0 amide bonds. The maximum absolute atomic E-state index is 11.1. The standard InChI is InChI=1S/C10H9N3OS2/c1-6(14)8-3-4-9(11-5-8)15-10-12-7(2)13-16-10/h3-5H,1-2H3. The molecular weight excluding hydrogens is 242 g/mol. The summed E-state index contributed by atoms with van der Waals surface area (Å²) >= 11 is 2.80. The molecule has 4 nitrogen and oxygen atoms in total. The molecule has 6 heteroatoms. The lowest BCUT2D eigenvalue weighted by molar-refractivity contribution is 0.101. The highest BCUT2D eigenvalue weighted by Crippen LogP contribution is 2.27. The van der Waals surface area contributed by atoms with E-state index in [-0.39, 0.29) is 5.78 Å². The largest absolute Gasteiger partial charge is 0.294 e. The minimum absolute atomic E-state index is 0.0239. The molecule has 2 aromatic rings. The average Bonchev–Trinajstić information content (AvgIpc) is 2.65. The molecule has 0 saturated heterocycles. The van der Waals surface area contributed by atoms with Gasteiger partial charge >= 0.3 is 0 Å². The van der Waals surface area contributed by atoms with Crippen molar-refractivity contribution in [3.05, 3.63) is 29.7 Å². The zero-order valence-corrected chi connectivity index (χ0v) is 10.4. The molecule has 0 aliphatic rings. The first-order valence-electron chi connectivity index (χ1n) is 4.60. The van der Waals surface area contributed by atoms with Crippen molar-refractivity contribution in [2.24, 2.45) is 0 Å². The Morgan fingerprint density at radius 3 is 2.75 bits per heavy atom. The summed E-state index contributed by atoms with van der Waals surface area (Å²) in [5, 5.41) is 0.821. The lowest BCUT2D eigenvalue weighted by atomic mass is 10.2. The fraction of sp³-hybridized carbons (Fsp3) is 0.200. The predicted molar refractivity (Wildman–Crippen MR) is 63.0 cm³/mol. The normalized spacial score (nSPS) is 10.4. The van der Waals surface area contributed by atoms with Crippen molar-refractivity contribution in [2.45, 2.75) is 23.2 Å². The second-order valence-corrected chi connectivity index (χ2v) is 5.17. The summed E-state index contributed by atoms with van der Waals surface area (Å²) in [6.07, 6.45) is 1.58. The molecule has 0 unspecified atom stereocenters. The van der Waals surface area contributed by atoms with E-state index in [2.05, 4.69) is 14.3 Å². The average molecular weight is 251 g/mol. The minimum atomic E-state index is 0.0239. The van der Waals surface area contributed by atoms with Gasteiger partial charge in [-0.3, -0.25) is 4.79 Å². The minimum Gasteiger partial charge on any atom is -0.294 e. The summed E-state index contributed by atoms with van der Waals surface area (Å²) in [6.45, 7) is 3.38. The van der Waals surface area contributed by atoms with Crippen molar-refractivity contribution in [3.63, 3.8) is 0 Å². The summed E-state index contributed by atoms with van der Waals surface area (Å²) in [6, 6.07) is 3.59. The molecule has 0 saturated carbocycles. The summed E-state index contributed by atoms with van der Waals surface area (Å²) in [4.78, 5) is 19.5. The quantitative estimate of drug-likeness (QED) is 0.785. The van der Waals surface area contributed by atoms with Crippen LogP contribution in [-0.4, -0.2) is 20.1 Å². The SMILES string of the molecule is CC(=O)c1ccc(Sc2nc(C)ns2)nc1. The second kappa shape index (κ2) is 4.71. The molecule has 82 valence electrons. The van der Waals surface area contributed by atoms with Crippen molar-refractivity contribution < 1.29 is 4.79 Å². The van der Waals surface area contributed by atoms with E-state index in [0.717, 1.165) is 15.2 Å². The van der Waals surface area contributed by atoms with Crippen molar-refractivity contribution in [2.75, 3.05) is 0 Å². The molecule has 0 atom stereocenters. The smallest absolute Gasteiger partial charge is 0.176 e. The summed E-state index contributed by atoms with van der Waals surface area (Å²) < 4.78 is 4.95. The Morgan fingerprint density at radius 1 is 1.44 bits per heavy atom. The van der Waals surface area contributed by atoms with Gasteiger partial charge in [-0.05, 0) is 49.3 Å². The highest BCUT2D eigenvalue weighted by molar-refractivity contribution is 8.00. The maximum Gasteiger partial charge on any atom is 0.176 e. The number of rotatable bonds is 3. The molecule has 0 aromatic carbocycles. The van der Waals surface area contributed by atoms with Crippen LogP contribution in [0, 0.1) is 6.92 Å². The van der Waals surface area contributed by atoms with Crippen LogP contribution in [0.2, 0.25) is 0 Å². The van der Waals surface area contributed by atoms with E-state index in [1.165, 1.54) is 30.2 Å². The number of aryl methyl sites for hydroxylation is 1.